The van der Waals surface area contributed by atoms with Crippen molar-refractivity contribution < 1.29 is 4.79 Å². The number of aryl methyl sites for hydroxylation is 3. The van der Waals surface area contributed by atoms with Gasteiger partial charge in [-0.25, -0.2) is 0 Å². The van der Waals surface area contributed by atoms with Gasteiger partial charge in [0.05, 0.1) is 34.7 Å². The minimum atomic E-state index is 0.0296. The molecular formula is C32H27N5OS. The van der Waals surface area contributed by atoms with E-state index in [2.05, 4.69) is 74.6 Å². The van der Waals surface area contributed by atoms with Crippen LogP contribution in [0.1, 0.15) is 22.3 Å². The molecular weight excluding hydrogens is 502 g/mol. The Morgan fingerprint density at radius 3 is 2.08 bits per heavy atom. The quantitative estimate of drug-likeness (QED) is 0.236. The number of carbonyl (C=O) groups excluding carboxylic acids is 1. The lowest BCUT2D eigenvalue weighted by atomic mass is 10.0. The SMILES string of the molecule is Cc1ccc(Cn2c3ccccc3n3c(SCC(=O)N4c5ccccc5CCc5ccccc54)nnc23)cc1. The molecule has 0 N–H and O–H groups in total. The summed E-state index contributed by atoms with van der Waals surface area (Å²) in [5, 5.41) is 9.82. The summed E-state index contributed by atoms with van der Waals surface area (Å²) in [6.07, 6.45) is 1.82. The van der Waals surface area contributed by atoms with Gasteiger partial charge in [-0.2, -0.15) is 0 Å². The number of amides is 1. The molecule has 0 aliphatic carbocycles. The number of nitrogens with zero attached hydrogens (tertiary/aromatic N) is 5. The number of fused-ring (bicyclic) bond motifs is 5. The summed E-state index contributed by atoms with van der Waals surface area (Å²) < 4.78 is 4.27. The zero-order valence-electron chi connectivity index (χ0n) is 21.6. The molecule has 0 unspecified atom stereocenters. The van der Waals surface area contributed by atoms with Gasteiger partial charge < -0.3 is 4.57 Å². The van der Waals surface area contributed by atoms with E-state index < -0.39 is 0 Å². The summed E-state index contributed by atoms with van der Waals surface area (Å²) in [5.74, 6) is 1.06. The molecule has 0 atom stereocenters. The van der Waals surface area contributed by atoms with Gasteiger partial charge in [0.2, 0.25) is 11.7 Å². The first kappa shape index (κ1) is 23.7. The molecule has 1 amide bonds. The molecule has 7 heteroatoms. The number of para-hydroxylation sites is 4. The van der Waals surface area contributed by atoms with Crippen molar-refractivity contribution in [2.45, 2.75) is 31.5 Å². The van der Waals surface area contributed by atoms with Crippen LogP contribution in [-0.4, -0.2) is 30.8 Å². The van der Waals surface area contributed by atoms with Gasteiger partial charge in [0.15, 0.2) is 5.16 Å². The lowest BCUT2D eigenvalue weighted by molar-refractivity contribution is -0.115. The van der Waals surface area contributed by atoms with Crippen LogP contribution >= 0.6 is 11.8 Å². The van der Waals surface area contributed by atoms with Gasteiger partial charge in [-0.1, -0.05) is 90.1 Å². The Morgan fingerprint density at radius 2 is 1.38 bits per heavy atom. The van der Waals surface area contributed by atoms with Crippen LogP contribution in [0.5, 0.6) is 0 Å². The Balaban J connectivity index is 1.23. The fourth-order valence-corrected chi connectivity index (χ4v) is 6.29. The van der Waals surface area contributed by atoms with Crippen molar-refractivity contribution in [2.24, 2.45) is 0 Å². The molecule has 0 saturated heterocycles. The average Bonchev–Trinajstić information content (AvgIpc) is 3.46. The van der Waals surface area contributed by atoms with Crippen LogP contribution in [0.15, 0.2) is 102 Å². The molecule has 0 fully saturated rings. The summed E-state index contributed by atoms with van der Waals surface area (Å²) in [4.78, 5) is 15.8. The van der Waals surface area contributed by atoms with Crippen molar-refractivity contribution >= 4 is 45.9 Å². The maximum absolute atomic E-state index is 13.9. The normalized spacial score (nSPS) is 12.9. The average molecular weight is 530 g/mol. The van der Waals surface area contributed by atoms with Gasteiger partial charge in [0.1, 0.15) is 0 Å². The molecule has 1 aliphatic rings. The fourth-order valence-electron chi connectivity index (χ4n) is 5.50. The van der Waals surface area contributed by atoms with Crippen LogP contribution in [0.3, 0.4) is 0 Å². The highest BCUT2D eigenvalue weighted by molar-refractivity contribution is 7.99. The Morgan fingerprint density at radius 1 is 0.769 bits per heavy atom. The van der Waals surface area contributed by atoms with Crippen LogP contribution in [0.25, 0.3) is 16.8 Å². The molecule has 0 spiro atoms. The van der Waals surface area contributed by atoms with Gasteiger partial charge in [0, 0.05) is 0 Å². The Bertz CT molecular complexity index is 1790. The standard InChI is InChI=1S/C32H27N5OS/c1-22-14-16-23(17-15-22)20-35-28-12-6-7-13-29(28)37-31(35)33-34-32(37)39-21-30(38)36-26-10-4-2-8-24(26)18-19-25-9-3-5-11-27(25)36/h2-17H,18-21H2,1H3. The first-order valence-electron chi connectivity index (χ1n) is 13.2. The predicted molar refractivity (Wildman–Crippen MR) is 157 cm³/mol. The van der Waals surface area contributed by atoms with Gasteiger partial charge >= 0.3 is 0 Å². The van der Waals surface area contributed by atoms with Crippen molar-refractivity contribution in [1.82, 2.24) is 19.2 Å². The molecule has 6 aromatic rings. The third-order valence-corrected chi connectivity index (χ3v) is 8.35. The largest absolute Gasteiger partial charge is 0.304 e. The predicted octanol–water partition coefficient (Wildman–Crippen LogP) is 6.60. The summed E-state index contributed by atoms with van der Waals surface area (Å²) in [7, 11) is 0. The number of imidazole rings is 1. The van der Waals surface area contributed by atoms with Crippen LogP contribution < -0.4 is 4.90 Å². The van der Waals surface area contributed by atoms with E-state index in [-0.39, 0.29) is 11.7 Å². The van der Waals surface area contributed by atoms with E-state index >= 15 is 0 Å². The number of hydrogen-bond donors (Lipinski definition) is 0. The Hall–Kier alpha value is -4.36. The van der Waals surface area contributed by atoms with E-state index in [0.29, 0.717) is 11.7 Å². The fraction of sp³-hybridized carbons (Fsp3) is 0.156. The molecule has 3 heterocycles. The van der Waals surface area contributed by atoms with Crippen molar-refractivity contribution in [1.29, 1.82) is 0 Å². The summed E-state index contributed by atoms with van der Waals surface area (Å²) >= 11 is 1.44. The second-order valence-corrected chi connectivity index (χ2v) is 10.9. The van der Waals surface area contributed by atoms with Crippen molar-refractivity contribution in [3.8, 4) is 0 Å². The van der Waals surface area contributed by atoms with Crippen molar-refractivity contribution in [2.75, 3.05) is 10.7 Å². The van der Waals surface area contributed by atoms with Crippen LogP contribution in [-0.2, 0) is 24.2 Å². The molecule has 6 nitrogen and oxygen atoms in total. The number of anilines is 2. The highest BCUT2D eigenvalue weighted by Gasteiger charge is 2.26. The molecule has 39 heavy (non-hydrogen) atoms. The summed E-state index contributed by atoms with van der Waals surface area (Å²) in [6.45, 7) is 2.79. The molecule has 2 aromatic heterocycles. The zero-order valence-corrected chi connectivity index (χ0v) is 22.4. The Labute approximate surface area is 230 Å². The molecule has 4 aromatic carbocycles. The molecule has 0 radical (unpaired) electrons. The minimum Gasteiger partial charge on any atom is -0.304 e. The van der Waals surface area contributed by atoms with E-state index in [9.17, 15) is 4.79 Å². The first-order valence-corrected chi connectivity index (χ1v) is 14.2. The second kappa shape index (κ2) is 9.75. The highest BCUT2D eigenvalue weighted by Crippen LogP contribution is 2.37. The number of benzene rings is 4. The molecule has 1 aliphatic heterocycles. The number of hydrogen-bond acceptors (Lipinski definition) is 4. The smallest absolute Gasteiger partial charge is 0.242 e. The first-order chi connectivity index (χ1) is 19.2. The van der Waals surface area contributed by atoms with Gasteiger partial charge in [0.25, 0.3) is 0 Å². The topological polar surface area (TPSA) is 55.4 Å². The number of thioether (sulfide) groups is 1. The summed E-state index contributed by atoms with van der Waals surface area (Å²) in [5.41, 5.74) is 8.88. The van der Waals surface area contributed by atoms with Crippen molar-refractivity contribution in [3.63, 3.8) is 0 Å². The third kappa shape index (κ3) is 4.19. The van der Waals surface area contributed by atoms with Crippen LogP contribution in [0.2, 0.25) is 0 Å². The maximum Gasteiger partial charge on any atom is 0.242 e. The number of carbonyl (C=O) groups is 1. The van der Waals surface area contributed by atoms with E-state index in [1.807, 2.05) is 53.4 Å². The molecule has 7 rings (SSSR count). The number of aromatic nitrogens is 4. The zero-order chi connectivity index (χ0) is 26.3. The molecule has 192 valence electrons. The lowest BCUT2D eigenvalue weighted by Gasteiger charge is -2.24. The highest BCUT2D eigenvalue weighted by atomic mass is 32.2. The number of rotatable bonds is 5. The molecule has 0 saturated carbocycles. The van der Waals surface area contributed by atoms with E-state index in [1.54, 1.807) is 0 Å². The molecule has 0 bridgehead atoms. The van der Waals surface area contributed by atoms with Crippen LogP contribution in [0, 0.1) is 6.92 Å². The second-order valence-electron chi connectivity index (χ2n) is 9.95. The van der Waals surface area contributed by atoms with Crippen LogP contribution in [0.4, 0.5) is 11.4 Å². The lowest BCUT2D eigenvalue weighted by Crippen LogP contribution is -2.28. The van der Waals surface area contributed by atoms with E-state index in [1.165, 1.54) is 34.0 Å². The monoisotopic (exact) mass is 529 g/mol. The minimum absolute atomic E-state index is 0.0296. The van der Waals surface area contributed by atoms with Gasteiger partial charge in [-0.05, 0) is 60.7 Å². The summed E-state index contributed by atoms with van der Waals surface area (Å²) in [6, 6.07) is 33.3. The van der Waals surface area contributed by atoms with E-state index in [4.69, 9.17) is 0 Å². The van der Waals surface area contributed by atoms with E-state index in [0.717, 1.165) is 41.0 Å². The Kier molecular flexibility index (Phi) is 5.93. The third-order valence-electron chi connectivity index (χ3n) is 7.44. The van der Waals surface area contributed by atoms with Crippen molar-refractivity contribution in [3.05, 3.63) is 119 Å². The van der Waals surface area contributed by atoms with Gasteiger partial charge in [-0.3, -0.25) is 14.1 Å². The van der Waals surface area contributed by atoms with Gasteiger partial charge in [-0.15, -0.1) is 10.2 Å². The maximum atomic E-state index is 13.9.